The first-order chi connectivity index (χ1) is 17.5. The lowest BCUT2D eigenvalue weighted by molar-refractivity contribution is 0.0193. The van der Waals surface area contributed by atoms with Crippen molar-refractivity contribution in [2.45, 2.75) is 78.9 Å². The van der Waals surface area contributed by atoms with Gasteiger partial charge in [0.15, 0.2) is 0 Å². The molecule has 0 heterocycles. The molecule has 0 unspecified atom stereocenters. The molecule has 3 rings (SSSR count). The standard InChI is InChI=1S/C32H37O6/c1-30(2,3)26-12-10-11-25(21-13-17-23(18-14-21)35-28(33)37-31(4,5)6)27(26)22-15-19-24(20-16-22)36-29(34)38-32(7,8)9/h10,12-20H,1-9H3. The van der Waals surface area contributed by atoms with Crippen LogP contribution in [0.3, 0.4) is 0 Å². The van der Waals surface area contributed by atoms with E-state index in [-0.39, 0.29) is 5.41 Å². The molecule has 6 nitrogen and oxygen atoms in total. The largest absolute Gasteiger partial charge is 0.514 e. The van der Waals surface area contributed by atoms with Crippen molar-refractivity contribution in [1.29, 1.82) is 0 Å². The van der Waals surface area contributed by atoms with Gasteiger partial charge in [-0.3, -0.25) is 0 Å². The average molecular weight is 518 g/mol. The van der Waals surface area contributed by atoms with Crippen molar-refractivity contribution >= 4 is 12.3 Å². The summed E-state index contributed by atoms with van der Waals surface area (Å²) in [4.78, 5) is 24.1. The minimum absolute atomic E-state index is 0.148. The first-order valence-corrected chi connectivity index (χ1v) is 12.6. The van der Waals surface area contributed by atoms with Crippen LogP contribution >= 0.6 is 0 Å². The van der Waals surface area contributed by atoms with Crippen LogP contribution in [0, 0.1) is 6.07 Å². The van der Waals surface area contributed by atoms with Gasteiger partial charge in [0.25, 0.3) is 0 Å². The van der Waals surface area contributed by atoms with Gasteiger partial charge in [-0.25, -0.2) is 9.59 Å². The Labute approximate surface area is 225 Å². The first-order valence-electron chi connectivity index (χ1n) is 12.6. The Bertz CT molecular complexity index is 1270. The predicted molar refractivity (Wildman–Crippen MR) is 149 cm³/mol. The SMILES string of the molecule is CC(C)(C)OC(=O)Oc1ccc(-c2[c]ccc(C(C)(C)C)c2-c2ccc(OC(=O)OC(C)(C)C)cc2)cc1. The second kappa shape index (κ2) is 10.9. The molecule has 6 heteroatoms. The summed E-state index contributed by atoms with van der Waals surface area (Å²) in [5, 5.41) is 0. The van der Waals surface area contributed by atoms with E-state index >= 15 is 0 Å². The summed E-state index contributed by atoms with van der Waals surface area (Å²) in [6, 6.07) is 22.0. The molecule has 0 saturated heterocycles. The predicted octanol–water partition coefficient (Wildman–Crippen LogP) is 8.75. The second-order valence-corrected chi connectivity index (χ2v) is 12.1. The van der Waals surface area contributed by atoms with E-state index in [1.807, 2.05) is 30.3 Å². The van der Waals surface area contributed by atoms with Crippen molar-refractivity contribution in [3.8, 4) is 33.8 Å². The van der Waals surface area contributed by atoms with Gasteiger partial charge in [-0.15, -0.1) is 0 Å². The minimum Gasteiger partial charge on any atom is -0.428 e. The summed E-state index contributed by atoms with van der Waals surface area (Å²) in [5.41, 5.74) is 3.50. The van der Waals surface area contributed by atoms with Crippen LogP contribution in [0.5, 0.6) is 11.5 Å². The molecule has 201 valence electrons. The number of hydrogen-bond acceptors (Lipinski definition) is 6. The molecule has 0 fully saturated rings. The fourth-order valence-electron chi connectivity index (χ4n) is 3.76. The highest BCUT2D eigenvalue weighted by molar-refractivity contribution is 5.86. The first kappa shape index (κ1) is 28.8. The Hall–Kier alpha value is -3.80. The molecule has 0 amide bonds. The quantitative estimate of drug-likeness (QED) is 0.254. The van der Waals surface area contributed by atoms with Crippen LogP contribution in [0.4, 0.5) is 9.59 Å². The topological polar surface area (TPSA) is 71.1 Å². The molecule has 0 aliphatic carbocycles. The van der Waals surface area contributed by atoms with Crippen molar-refractivity contribution in [3.63, 3.8) is 0 Å². The van der Waals surface area contributed by atoms with Gasteiger partial charge in [0.2, 0.25) is 0 Å². The van der Waals surface area contributed by atoms with E-state index in [1.165, 1.54) is 0 Å². The van der Waals surface area contributed by atoms with E-state index in [4.69, 9.17) is 18.9 Å². The molecule has 0 aliphatic heterocycles. The lowest BCUT2D eigenvalue weighted by Gasteiger charge is -2.25. The van der Waals surface area contributed by atoms with Gasteiger partial charge in [-0.1, -0.05) is 57.2 Å². The van der Waals surface area contributed by atoms with E-state index in [0.29, 0.717) is 11.5 Å². The maximum absolute atomic E-state index is 12.1. The van der Waals surface area contributed by atoms with Gasteiger partial charge in [0.1, 0.15) is 22.7 Å². The molecule has 0 saturated carbocycles. The molecular formula is C32H37O6. The lowest BCUT2D eigenvalue weighted by atomic mass is 9.79. The van der Waals surface area contributed by atoms with Crippen LogP contribution in [0.25, 0.3) is 22.3 Å². The van der Waals surface area contributed by atoms with E-state index in [2.05, 4.69) is 32.9 Å². The molecule has 0 aromatic heterocycles. The van der Waals surface area contributed by atoms with Gasteiger partial charge in [0.05, 0.1) is 0 Å². The summed E-state index contributed by atoms with van der Waals surface area (Å²) in [6.07, 6.45) is -1.50. The summed E-state index contributed by atoms with van der Waals surface area (Å²) in [6.45, 7) is 17.2. The molecule has 3 aromatic rings. The van der Waals surface area contributed by atoms with Crippen LogP contribution in [0.1, 0.15) is 67.9 Å². The van der Waals surface area contributed by atoms with Crippen molar-refractivity contribution < 1.29 is 28.5 Å². The highest BCUT2D eigenvalue weighted by Gasteiger charge is 2.23. The van der Waals surface area contributed by atoms with Gasteiger partial charge in [-0.05, 0) is 105 Å². The molecule has 0 aliphatic rings. The Morgan fingerprint density at radius 2 is 1.03 bits per heavy atom. The zero-order valence-electron chi connectivity index (χ0n) is 23.7. The molecule has 0 N–H and O–H groups in total. The highest BCUT2D eigenvalue weighted by Crippen LogP contribution is 2.40. The Kier molecular flexibility index (Phi) is 8.25. The number of carbonyl (C=O) groups is 2. The molecule has 3 aromatic carbocycles. The average Bonchev–Trinajstić information content (AvgIpc) is 2.76. The monoisotopic (exact) mass is 517 g/mol. The molecule has 1 radical (unpaired) electrons. The van der Waals surface area contributed by atoms with Gasteiger partial charge < -0.3 is 18.9 Å². The summed E-state index contributed by atoms with van der Waals surface area (Å²) in [7, 11) is 0. The number of benzene rings is 3. The molecule has 0 bridgehead atoms. The molecular weight excluding hydrogens is 480 g/mol. The van der Waals surface area contributed by atoms with Gasteiger partial charge in [0, 0.05) is 0 Å². The third-order valence-corrected chi connectivity index (χ3v) is 5.27. The van der Waals surface area contributed by atoms with Crippen LogP contribution in [-0.2, 0) is 14.9 Å². The van der Waals surface area contributed by atoms with Crippen molar-refractivity contribution in [2.75, 3.05) is 0 Å². The summed E-state index contributed by atoms with van der Waals surface area (Å²) < 4.78 is 21.2. The van der Waals surface area contributed by atoms with E-state index in [1.54, 1.807) is 65.8 Å². The van der Waals surface area contributed by atoms with E-state index < -0.39 is 23.5 Å². The maximum Gasteiger partial charge on any atom is 0.514 e. The Balaban J connectivity index is 1.95. The summed E-state index contributed by atoms with van der Waals surface area (Å²) in [5.74, 6) is 0.783. The lowest BCUT2D eigenvalue weighted by Crippen LogP contribution is -2.25. The zero-order valence-corrected chi connectivity index (χ0v) is 23.7. The van der Waals surface area contributed by atoms with Crippen LogP contribution in [0.2, 0.25) is 0 Å². The van der Waals surface area contributed by atoms with Crippen molar-refractivity contribution in [1.82, 2.24) is 0 Å². The number of rotatable bonds is 4. The molecule has 38 heavy (non-hydrogen) atoms. The normalized spacial score (nSPS) is 12.0. The zero-order chi connectivity index (χ0) is 28.3. The third kappa shape index (κ3) is 8.10. The van der Waals surface area contributed by atoms with Crippen LogP contribution in [0.15, 0.2) is 60.7 Å². The Morgan fingerprint density at radius 1 is 0.605 bits per heavy atom. The second-order valence-electron chi connectivity index (χ2n) is 12.1. The van der Waals surface area contributed by atoms with E-state index in [0.717, 1.165) is 27.8 Å². The third-order valence-electron chi connectivity index (χ3n) is 5.27. The molecule has 0 spiro atoms. The maximum atomic E-state index is 12.1. The number of ether oxygens (including phenoxy) is 4. The Morgan fingerprint density at radius 3 is 1.42 bits per heavy atom. The van der Waals surface area contributed by atoms with Crippen LogP contribution < -0.4 is 9.47 Å². The van der Waals surface area contributed by atoms with Crippen molar-refractivity contribution in [3.05, 3.63) is 72.3 Å². The number of hydrogen-bond donors (Lipinski definition) is 0. The number of carbonyl (C=O) groups excluding carboxylic acids is 2. The summed E-state index contributed by atoms with van der Waals surface area (Å²) >= 11 is 0. The minimum atomic E-state index is -0.749. The van der Waals surface area contributed by atoms with Gasteiger partial charge in [-0.2, -0.15) is 0 Å². The molecule has 0 atom stereocenters. The van der Waals surface area contributed by atoms with E-state index in [9.17, 15) is 9.59 Å². The fraction of sp³-hybridized carbons (Fsp3) is 0.375. The van der Waals surface area contributed by atoms with Crippen LogP contribution in [-0.4, -0.2) is 23.5 Å². The smallest absolute Gasteiger partial charge is 0.428 e. The van der Waals surface area contributed by atoms with Gasteiger partial charge >= 0.3 is 12.3 Å². The fourth-order valence-corrected chi connectivity index (χ4v) is 3.76. The highest BCUT2D eigenvalue weighted by atomic mass is 16.7. The van der Waals surface area contributed by atoms with Crippen molar-refractivity contribution in [2.24, 2.45) is 0 Å².